The van der Waals surface area contributed by atoms with Crippen LogP contribution in [0.3, 0.4) is 0 Å². The fourth-order valence-corrected chi connectivity index (χ4v) is 0. The standard InChI is InChI=1S/C4H9.H7P5.Y/c1-4(2)3;1-4-5(2)3;/h1-3H3;4H,1-3H2;/q-1;;. The fourth-order valence-electron chi connectivity index (χ4n) is 0. The maximum atomic E-state index is 2.75. The predicted octanol–water partition coefficient (Wildman–Crippen LogP) is 4.05. The zero-order chi connectivity index (χ0) is 7.86. The molecule has 0 aromatic heterocycles. The third-order valence-corrected chi connectivity index (χ3v) is 12.1. The van der Waals surface area contributed by atoms with Crippen molar-refractivity contribution in [2.45, 2.75) is 20.8 Å². The molecule has 0 saturated carbocycles. The summed E-state index contributed by atoms with van der Waals surface area (Å²) in [5.41, 5.74) is 0. The predicted molar refractivity (Wildman–Crippen MR) is 64.6 cm³/mol. The average molecular weight is 308 g/mol. The van der Waals surface area contributed by atoms with Crippen molar-refractivity contribution in [3.8, 4) is 0 Å². The molecular formula is C4H16P5Y-. The molecule has 0 amide bonds. The maximum absolute atomic E-state index is 2.75. The van der Waals surface area contributed by atoms with E-state index < -0.39 is 0 Å². The molecule has 0 bridgehead atoms. The van der Waals surface area contributed by atoms with Gasteiger partial charge in [-0.05, 0) is 6.99 Å². The van der Waals surface area contributed by atoms with Crippen LogP contribution in [0.2, 0.25) is 0 Å². The van der Waals surface area contributed by atoms with E-state index in [1.165, 1.54) is 5.92 Å². The topological polar surface area (TPSA) is 0 Å². The number of hydrogen-bond acceptors (Lipinski definition) is 0. The Morgan fingerprint density at radius 2 is 1.30 bits per heavy atom. The first-order valence-electron chi connectivity index (χ1n) is 2.53. The van der Waals surface area contributed by atoms with Gasteiger partial charge in [0.2, 0.25) is 0 Å². The second-order valence-corrected chi connectivity index (χ2v) is 16.0. The quantitative estimate of drug-likeness (QED) is 0.506. The molecule has 4 atom stereocenters. The van der Waals surface area contributed by atoms with Gasteiger partial charge in [0.25, 0.3) is 0 Å². The summed E-state index contributed by atoms with van der Waals surface area (Å²) in [5.74, 6) is 1.42. The molecule has 0 aliphatic carbocycles. The average Bonchev–Trinajstić information content (AvgIpc) is 1.65. The minimum absolute atomic E-state index is 0. The zero-order valence-electron chi connectivity index (χ0n) is 6.76. The Balaban J connectivity index is -0.0000000910. The molecule has 0 nitrogen and oxygen atoms in total. The molecule has 6 heteroatoms. The first-order chi connectivity index (χ1) is 4.00. The van der Waals surface area contributed by atoms with Crippen molar-refractivity contribution in [3.05, 3.63) is 5.92 Å². The van der Waals surface area contributed by atoms with Crippen molar-refractivity contribution >= 4 is 41.7 Å². The van der Waals surface area contributed by atoms with Crippen LogP contribution in [-0.4, -0.2) is 0 Å². The summed E-state index contributed by atoms with van der Waals surface area (Å²) in [4.78, 5) is 0. The molecule has 0 aromatic rings. The Bertz CT molecular complexity index is 46.2. The van der Waals surface area contributed by atoms with Gasteiger partial charge in [0.05, 0.1) is 0 Å². The fraction of sp³-hybridized carbons (Fsp3) is 0.750. The van der Waals surface area contributed by atoms with Gasteiger partial charge in [-0.25, -0.2) is 0 Å². The molecule has 61 valence electrons. The van der Waals surface area contributed by atoms with Crippen molar-refractivity contribution in [1.29, 1.82) is 0 Å². The first-order valence-corrected chi connectivity index (χ1v) is 10.8. The minimum Gasteiger partial charge on any atom is -0.323 e. The van der Waals surface area contributed by atoms with Gasteiger partial charge in [-0.15, -0.1) is 26.8 Å². The van der Waals surface area contributed by atoms with Gasteiger partial charge < -0.3 is 5.92 Å². The van der Waals surface area contributed by atoms with Crippen LogP contribution in [-0.2, 0) is 32.7 Å². The van der Waals surface area contributed by atoms with Crippen molar-refractivity contribution in [1.82, 2.24) is 0 Å². The Morgan fingerprint density at radius 3 is 1.30 bits per heavy atom. The van der Waals surface area contributed by atoms with Crippen molar-refractivity contribution < 1.29 is 32.7 Å². The smallest absolute Gasteiger partial charge is 0 e. The number of hydrogen-bond donors (Lipinski definition) is 0. The van der Waals surface area contributed by atoms with Gasteiger partial charge in [0.15, 0.2) is 0 Å². The maximum Gasteiger partial charge on any atom is 0 e. The molecule has 0 aliphatic heterocycles. The number of rotatable bonds is 1. The molecule has 4 unspecified atom stereocenters. The molecule has 1 radical (unpaired) electrons. The van der Waals surface area contributed by atoms with Gasteiger partial charge in [-0.3, -0.25) is 0 Å². The van der Waals surface area contributed by atoms with E-state index >= 15 is 0 Å². The molecule has 0 N–H and O–H groups in total. The summed E-state index contributed by atoms with van der Waals surface area (Å²) < 4.78 is 0. The molecule has 0 saturated heterocycles. The molecular weight excluding hydrogens is 292 g/mol. The van der Waals surface area contributed by atoms with E-state index in [0.29, 0.717) is 0 Å². The van der Waals surface area contributed by atoms with Crippen LogP contribution in [0.25, 0.3) is 0 Å². The zero-order valence-corrected chi connectivity index (χ0v) is 15.0. The van der Waals surface area contributed by atoms with E-state index in [1.54, 1.807) is 0 Å². The molecule has 0 heterocycles. The van der Waals surface area contributed by atoms with Crippen LogP contribution in [0.15, 0.2) is 0 Å². The third-order valence-electron chi connectivity index (χ3n) is 0.149. The summed E-state index contributed by atoms with van der Waals surface area (Å²) in [7, 11) is 9.24. The van der Waals surface area contributed by atoms with E-state index in [4.69, 9.17) is 0 Å². The normalized spacial score (nSPS) is 9.60. The van der Waals surface area contributed by atoms with E-state index in [-0.39, 0.29) is 39.7 Å². The summed E-state index contributed by atoms with van der Waals surface area (Å²) in [6, 6.07) is 0. The molecule has 10 heavy (non-hydrogen) atoms. The Labute approximate surface area is 100 Å². The summed E-state index contributed by atoms with van der Waals surface area (Å²) in [6.45, 7) is 6.48. The molecule has 0 fully saturated rings. The summed E-state index contributed by atoms with van der Waals surface area (Å²) in [6.07, 6.45) is 0. The van der Waals surface area contributed by atoms with E-state index in [1.807, 2.05) is 0 Å². The van der Waals surface area contributed by atoms with Crippen molar-refractivity contribution in [2.24, 2.45) is 0 Å². The molecule has 0 spiro atoms. The van der Waals surface area contributed by atoms with Gasteiger partial charge in [-0.2, -0.15) is 20.8 Å². The minimum atomic E-state index is 0. The van der Waals surface area contributed by atoms with Crippen LogP contribution < -0.4 is 0 Å². The Hall–Kier alpha value is 3.25. The molecule has 0 aliphatic rings. The van der Waals surface area contributed by atoms with Gasteiger partial charge in [0.1, 0.15) is 0 Å². The monoisotopic (exact) mass is 308 g/mol. The second kappa shape index (κ2) is 14.8. The van der Waals surface area contributed by atoms with Gasteiger partial charge in [-0.1, -0.05) is 7.96 Å². The van der Waals surface area contributed by atoms with Crippen molar-refractivity contribution in [3.63, 3.8) is 0 Å². The van der Waals surface area contributed by atoms with Gasteiger partial charge >= 0.3 is 0 Å². The van der Waals surface area contributed by atoms with Crippen LogP contribution in [0.5, 0.6) is 0 Å². The third kappa shape index (κ3) is 42.9. The van der Waals surface area contributed by atoms with Gasteiger partial charge in [0, 0.05) is 32.7 Å². The second-order valence-electron chi connectivity index (χ2n) is 2.04. The molecule has 0 aromatic carbocycles. The first kappa shape index (κ1) is 18.9. The Morgan fingerprint density at radius 1 is 1.20 bits per heavy atom. The largest absolute Gasteiger partial charge is 0.323 e. The van der Waals surface area contributed by atoms with E-state index in [2.05, 4.69) is 47.6 Å². The van der Waals surface area contributed by atoms with Crippen LogP contribution >= 0.6 is 41.7 Å². The van der Waals surface area contributed by atoms with Crippen LogP contribution in [0.4, 0.5) is 0 Å². The van der Waals surface area contributed by atoms with Crippen LogP contribution in [0.1, 0.15) is 20.8 Å². The van der Waals surface area contributed by atoms with Crippen LogP contribution in [0, 0.1) is 5.92 Å². The molecule has 0 rings (SSSR count). The SMILES string of the molecule is C[C-](C)C.PPP(P)P.[Y]. The van der Waals surface area contributed by atoms with E-state index in [9.17, 15) is 0 Å². The summed E-state index contributed by atoms with van der Waals surface area (Å²) >= 11 is 0. The van der Waals surface area contributed by atoms with Crippen molar-refractivity contribution in [2.75, 3.05) is 0 Å². The Kier molecular flexibility index (Phi) is 27.9. The van der Waals surface area contributed by atoms with E-state index in [0.717, 1.165) is 7.96 Å². The summed E-state index contributed by atoms with van der Waals surface area (Å²) in [5, 5.41) is 0.